The molecule has 7 heteroatoms. The summed E-state index contributed by atoms with van der Waals surface area (Å²) in [4.78, 5) is 13.4. The van der Waals surface area contributed by atoms with E-state index in [1.165, 1.54) is 23.3 Å². The van der Waals surface area contributed by atoms with Crippen LogP contribution in [0.3, 0.4) is 0 Å². The first-order valence-corrected chi connectivity index (χ1v) is 10.8. The molecule has 1 fully saturated rings. The lowest BCUT2D eigenvalue weighted by molar-refractivity contribution is -0.125. The molecule has 0 bridgehead atoms. The van der Waals surface area contributed by atoms with Gasteiger partial charge in [-0.1, -0.05) is 54.8 Å². The van der Waals surface area contributed by atoms with Crippen LogP contribution in [0.1, 0.15) is 54.2 Å². The Bertz CT molecular complexity index is 1040. The molecule has 0 saturated heterocycles. The van der Waals surface area contributed by atoms with E-state index in [0.29, 0.717) is 18.8 Å². The molecule has 0 spiro atoms. The highest BCUT2D eigenvalue weighted by atomic mass is 19.1. The maximum absolute atomic E-state index is 13.4. The van der Waals surface area contributed by atoms with E-state index < -0.39 is 6.04 Å². The Balaban J connectivity index is 1.55. The zero-order valence-electron chi connectivity index (χ0n) is 18.0. The molecular formula is C24H28FN5O. The Morgan fingerprint density at radius 1 is 1.16 bits per heavy atom. The number of aromatic nitrogens is 4. The van der Waals surface area contributed by atoms with Crippen molar-refractivity contribution in [2.45, 2.75) is 57.4 Å². The average Bonchev–Trinajstić information content (AvgIpc) is 3.41. The summed E-state index contributed by atoms with van der Waals surface area (Å²) >= 11 is 0. The van der Waals surface area contributed by atoms with Crippen LogP contribution in [0.5, 0.6) is 0 Å². The van der Waals surface area contributed by atoms with Gasteiger partial charge in [0, 0.05) is 18.4 Å². The molecule has 4 rings (SSSR count). The summed E-state index contributed by atoms with van der Waals surface area (Å²) in [6.07, 6.45) is 4.83. The zero-order chi connectivity index (χ0) is 21.8. The van der Waals surface area contributed by atoms with Gasteiger partial charge in [-0.25, -0.2) is 9.07 Å². The Hall–Kier alpha value is -3.09. The van der Waals surface area contributed by atoms with Crippen LogP contribution in [0.15, 0.2) is 48.5 Å². The van der Waals surface area contributed by atoms with Crippen molar-refractivity contribution in [2.24, 2.45) is 0 Å². The normalized spacial score (nSPS) is 16.2. The molecule has 1 heterocycles. The van der Waals surface area contributed by atoms with Crippen LogP contribution in [-0.2, 0) is 16.6 Å². The molecule has 3 aromatic rings. The minimum absolute atomic E-state index is 0.0439. The van der Waals surface area contributed by atoms with Crippen LogP contribution < -0.4 is 5.32 Å². The highest BCUT2D eigenvalue weighted by Crippen LogP contribution is 2.41. The van der Waals surface area contributed by atoms with E-state index in [1.807, 2.05) is 0 Å². The number of aryl methyl sites for hydroxylation is 2. The fourth-order valence-corrected chi connectivity index (χ4v) is 4.63. The number of carbonyl (C=O) groups is 1. The molecule has 1 N–H and O–H groups in total. The summed E-state index contributed by atoms with van der Waals surface area (Å²) in [6, 6.07) is 14.2. The van der Waals surface area contributed by atoms with Gasteiger partial charge in [-0.3, -0.25) is 4.79 Å². The van der Waals surface area contributed by atoms with Crippen molar-refractivity contribution in [1.29, 1.82) is 0 Å². The smallest absolute Gasteiger partial charge is 0.245 e. The minimum atomic E-state index is -0.601. The van der Waals surface area contributed by atoms with E-state index in [9.17, 15) is 9.18 Å². The van der Waals surface area contributed by atoms with Crippen LogP contribution in [0.25, 0.3) is 0 Å². The van der Waals surface area contributed by atoms with E-state index in [-0.39, 0.29) is 17.1 Å². The number of benzene rings is 2. The maximum atomic E-state index is 13.4. The second kappa shape index (κ2) is 8.96. The highest BCUT2D eigenvalue weighted by molar-refractivity contribution is 5.80. The highest BCUT2D eigenvalue weighted by Gasteiger charge is 2.37. The van der Waals surface area contributed by atoms with Crippen LogP contribution >= 0.6 is 0 Å². The lowest BCUT2D eigenvalue weighted by Crippen LogP contribution is -2.43. The van der Waals surface area contributed by atoms with Crippen molar-refractivity contribution in [3.05, 3.63) is 76.9 Å². The van der Waals surface area contributed by atoms with Gasteiger partial charge in [0.2, 0.25) is 5.91 Å². The summed E-state index contributed by atoms with van der Waals surface area (Å²) in [6.45, 7) is 4.45. The largest absolute Gasteiger partial charge is 0.353 e. The predicted molar refractivity (Wildman–Crippen MR) is 116 cm³/mol. The number of amides is 1. The van der Waals surface area contributed by atoms with Gasteiger partial charge in [0.15, 0.2) is 0 Å². The third-order valence-electron chi connectivity index (χ3n) is 6.39. The number of halogens is 1. The monoisotopic (exact) mass is 421 g/mol. The number of nitrogens with zero attached hydrogens (tertiary/aromatic N) is 4. The van der Waals surface area contributed by atoms with Crippen molar-refractivity contribution < 1.29 is 9.18 Å². The summed E-state index contributed by atoms with van der Waals surface area (Å²) in [7, 11) is 0. The third kappa shape index (κ3) is 4.65. The molecule has 0 radical (unpaired) electrons. The summed E-state index contributed by atoms with van der Waals surface area (Å²) in [5, 5.41) is 14.9. The van der Waals surface area contributed by atoms with Gasteiger partial charge in [0.05, 0.1) is 0 Å². The standard InChI is InChI=1S/C24H28FN5O/c1-17-6-5-7-20(14-17)24(12-3-4-13-24)16-26-23(31)22(30-18(2)27-28-29-30)15-19-8-10-21(25)11-9-19/h5-11,14,22H,3-4,12-13,15-16H2,1-2H3,(H,26,31). The molecule has 1 unspecified atom stereocenters. The fraction of sp³-hybridized carbons (Fsp3) is 0.417. The molecule has 0 aliphatic heterocycles. The Morgan fingerprint density at radius 2 is 1.90 bits per heavy atom. The van der Waals surface area contributed by atoms with Gasteiger partial charge in [-0.15, -0.1) is 5.10 Å². The molecule has 1 atom stereocenters. The second-order valence-electron chi connectivity index (χ2n) is 8.59. The van der Waals surface area contributed by atoms with Crippen molar-refractivity contribution in [3.8, 4) is 0 Å². The van der Waals surface area contributed by atoms with E-state index in [2.05, 4.69) is 52.0 Å². The van der Waals surface area contributed by atoms with Crippen molar-refractivity contribution in [2.75, 3.05) is 6.54 Å². The number of rotatable bonds is 7. The molecule has 2 aromatic carbocycles. The van der Waals surface area contributed by atoms with Crippen LogP contribution in [0.2, 0.25) is 0 Å². The number of carbonyl (C=O) groups excluding carboxylic acids is 1. The molecule has 1 aliphatic carbocycles. The van der Waals surface area contributed by atoms with Gasteiger partial charge < -0.3 is 5.32 Å². The topological polar surface area (TPSA) is 72.7 Å². The summed E-state index contributed by atoms with van der Waals surface area (Å²) in [5.74, 6) is 0.139. The molecule has 162 valence electrons. The van der Waals surface area contributed by atoms with E-state index >= 15 is 0 Å². The van der Waals surface area contributed by atoms with Crippen LogP contribution in [-0.4, -0.2) is 32.7 Å². The number of tetrazole rings is 1. The van der Waals surface area contributed by atoms with Gasteiger partial charge in [-0.2, -0.15) is 0 Å². The van der Waals surface area contributed by atoms with Crippen molar-refractivity contribution in [1.82, 2.24) is 25.5 Å². The quantitative estimate of drug-likeness (QED) is 0.629. The minimum Gasteiger partial charge on any atom is -0.353 e. The summed E-state index contributed by atoms with van der Waals surface area (Å²) in [5.41, 5.74) is 3.33. The Morgan fingerprint density at radius 3 is 2.55 bits per heavy atom. The lowest BCUT2D eigenvalue weighted by Gasteiger charge is -2.31. The molecular weight excluding hydrogens is 393 g/mol. The van der Waals surface area contributed by atoms with E-state index in [4.69, 9.17) is 0 Å². The zero-order valence-corrected chi connectivity index (χ0v) is 18.0. The number of hydrogen-bond donors (Lipinski definition) is 1. The second-order valence-corrected chi connectivity index (χ2v) is 8.59. The Kier molecular flexibility index (Phi) is 6.11. The van der Waals surface area contributed by atoms with Gasteiger partial charge >= 0.3 is 0 Å². The SMILES string of the molecule is Cc1cccc(C2(CNC(=O)C(Cc3ccc(F)cc3)n3nnnc3C)CCCC2)c1. The number of nitrogens with one attached hydrogen (secondary N) is 1. The van der Waals surface area contributed by atoms with Crippen LogP contribution in [0.4, 0.5) is 4.39 Å². The number of hydrogen-bond acceptors (Lipinski definition) is 4. The van der Waals surface area contributed by atoms with E-state index in [1.54, 1.807) is 23.7 Å². The van der Waals surface area contributed by atoms with Gasteiger partial charge in [0.25, 0.3) is 0 Å². The average molecular weight is 422 g/mol. The van der Waals surface area contributed by atoms with Crippen LogP contribution in [0, 0.1) is 19.7 Å². The lowest BCUT2D eigenvalue weighted by atomic mass is 9.78. The van der Waals surface area contributed by atoms with Crippen molar-refractivity contribution in [3.63, 3.8) is 0 Å². The predicted octanol–water partition coefficient (Wildman–Crippen LogP) is 3.84. The molecule has 31 heavy (non-hydrogen) atoms. The first kappa shape index (κ1) is 21.2. The molecule has 1 amide bonds. The molecule has 1 aliphatic rings. The first-order chi connectivity index (χ1) is 15.0. The third-order valence-corrected chi connectivity index (χ3v) is 6.39. The summed E-state index contributed by atoms with van der Waals surface area (Å²) < 4.78 is 14.9. The van der Waals surface area contributed by atoms with Crippen molar-refractivity contribution >= 4 is 5.91 Å². The molecule has 1 saturated carbocycles. The van der Waals surface area contributed by atoms with E-state index in [0.717, 1.165) is 31.2 Å². The molecule has 1 aromatic heterocycles. The van der Waals surface area contributed by atoms with Gasteiger partial charge in [0.1, 0.15) is 17.7 Å². The Labute approximate surface area is 181 Å². The first-order valence-electron chi connectivity index (χ1n) is 10.8. The molecule has 6 nitrogen and oxygen atoms in total. The maximum Gasteiger partial charge on any atom is 0.245 e. The van der Waals surface area contributed by atoms with Gasteiger partial charge in [-0.05, 0) is 60.4 Å². The fourth-order valence-electron chi connectivity index (χ4n) is 4.63.